The van der Waals surface area contributed by atoms with Crippen LogP contribution in [-0.2, 0) is 0 Å². The van der Waals surface area contributed by atoms with Crippen LogP contribution in [0.2, 0.25) is 0 Å². The molecule has 3 heteroatoms. The zero-order valence-electron chi connectivity index (χ0n) is 12.2. The lowest BCUT2D eigenvalue weighted by molar-refractivity contribution is 0.447. The number of nitrogens with zero attached hydrogens (tertiary/aromatic N) is 1. The van der Waals surface area contributed by atoms with Gasteiger partial charge in [0.25, 0.3) is 0 Å². The van der Waals surface area contributed by atoms with Gasteiger partial charge in [0.2, 0.25) is 0 Å². The van der Waals surface area contributed by atoms with Crippen LogP contribution < -0.4 is 10.2 Å². The van der Waals surface area contributed by atoms with Crippen molar-refractivity contribution in [1.29, 1.82) is 0 Å². The van der Waals surface area contributed by atoms with E-state index >= 15 is 0 Å². The summed E-state index contributed by atoms with van der Waals surface area (Å²) in [7, 11) is 2.03. The number of halogens is 1. The molecule has 0 bridgehead atoms. The molecular weight excluding hydrogens is 300 g/mol. The van der Waals surface area contributed by atoms with Crippen LogP contribution in [0.4, 0.5) is 5.69 Å². The smallest absolute Gasteiger partial charge is 0.0428 e. The summed E-state index contributed by atoms with van der Waals surface area (Å²) in [6, 6.07) is 7.78. The summed E-state index contributed by atoms with van der Waals surface area (Å²) >= 11 is 3.63. The standard InChI is InChI=1S/C16H25BrN2/c1-4-14-7-5-6-10-19(14)16-11-13(17)8-9-15(16)12(2)18-3/h8-9,11-12,14,18H,4-7,10H2,1-3H3. The first-order valence-corrected chi connectivity index (χ1v) is 8.20. The van der Waals surface area contributed by atoms with E-state index in [1.54, 1.807) is 0 Å². The van der Waals surface area contributed by atoms with E-state index < -0.39 is 0 Å². The Bertz CT molecular complexity index is 419. The molecule has 0 saturated carbocycles. The minimum Gasteiger partial charge on any atom is -0.368 e. The second kappa shape index (κ2) is 6.76. The molecule has 1 aliphatic heterocycles. The molecule has 0 aliphatic carbocycles. The van der Waals surface area contributed by atoms with E-state index in [2.05, 4.69) is 58.2 Å². The summed E-state index contributed by atoms with van der Waals surface area (Å²) in [5.74, 6) is 0. The van der Waals surface area contributed by atoms with Crippen LogP contribution in [0.25, 0.3) is 0 Å². The van der Waals surface area contributed by atoms with Gasteiger partial charge in [-0.15, -0.1) is 0 Å². The van der Waals surface area contributed by atoms with Gasteiger partial charge in [0, 0.05) is 28.8 Å². The van der Waals surface area contributed by atoms with Gasteiger partial charge in [0.1, 0.15) is 0 Å². The zero-order valence-corrected chi connectivity index (χ0v) is 13.8. The van der Waals surface area contributed by atoms with Crippen LogP contribution in [0.1, 0.15) is 51.1 Å². The Hall–Kier alpha value is -0.540. The van der Waals surface area contributed by atoms with E-state index in [1.165, 1.54) is 48.0 Å². The highest BCUT2D eigenvalue weighted by atomic mass is 79.9. The van der Waals surface area contributed by atoms with Gasteiger partial charge in [-0.25, -0.2) is 0 Å². The molecule has 1 aromatic rings. The number of hydrogen-bond acceptors (Lipinski definition) is 2. The molecule has 1 saturated heterocycles. The predicted octanol–water partition coefficient (Wildman–Crippen LogP) is 4.50. The van der Waals surface area contributed by atoms with Crippen molar-refractivity contribution < 1.29 is 0 Å². The first-order chi connectivity index (χ1) is 9.17. The van der Waals surface area contributed by atoms with Crippen molar-refractivity contribution in [3.8, 4) is 0 Å². The fourth-order valence-corrected chi connectivity index (χ4v) is 3.38. The normalized spacial score (nSPS) is 21.5. The number of anilines is 1. The lowest BCUT2D eigenvalue weighted by atomic mass is 9.96. The fourth-order valence-electron chi connectivity index (χ4n) is 3.03. The number of benzene rings is 1. The van der Waals surface area contributed by atoms with Crippen molar-refractivity contribution in [3.05, 3.63) is 28.2 Å². The van der Waals surface area contributed by atoms with E-state index in [0.29, 0.717) is 12.1 Å². The minimum atomic E-state index is 0.391. The number of nitrogens with one attached hydrogen (secondary N) is 1. The second-order valence-electron chi connectivity index (χ2n) is 5.46. The summed E-state index contributed by atoms with van der Waals surface area (Å²) in [6.07, 6.45) is 5.26. The molecule has 2 unspecified atom stereocenters. The maximum Gasteiger partial charge on any atom is 0.0428 e. The summed E-state index contributed by atoms with van der Waals surface area (Å²) in [6.45, 7) is 5.73. The van der Waals surface area contributed by atoms with E-state index in [0.717, 1.165) is 0 Å². The maximum atomic E-state index is 3.63. The molecule has 106 valence electrons. The van der Waals surface area contributed by atoms with E-state index in [1.807, 2.05) is 7.05 Å². The van der Waals surface area contributed by atoms with E-state index in [9.17, 15) is 0 Å². The molecule has 1 fully saturated rings. The van der Waals surface area contributed by atoms with Crippen molar-refractivity contribution in [2.75, 3.05) is 18.5 Å². The van der Waals surface area contributed by atoms with Crippen molar-refractivity contribution in [3.63, 3.8) is 0 Å². The third kappa shape index (κ3) is 3.32. The summed E-state index contributed by atoms with van der Waals surface area (Å²) in [5.41, 5.74) is 2.81. The molecule has 1 heterocycles. The average molecular weight is 325 g/mol. The Morgan fingerprint density at radius 1 is 1.42 bits per heavy atom. The molecule has 1 N–H and O–H groups in total. The van der Waals surface area contributed by atoms with E-state index in [-0.39, 0.29) is 0 Å². The van der Waals surface area contributed by atoms with Crippen LogP contribution in [-0.4, -0.2) is 19.6 Å². The average Bonchev–Trinajstić information content (AvgIpc) is 2.46. The molecule has 2 rings (SSSR count). The van der Waals surface area contributed by atoms with Gasteiger partial charge < -0.3 is 10.2 Å². The second-order valence-corrected chi connectivity index (χ2v) is 6.38. The van der Waals surface area contributed by atoms with Crippen LogP contribution in [0.5, 0.6) is 0 Å². The van der Waals surface area contributed by atoms with Gasteiger partial charge in [-0.2, -0.15) is 0 Å². The number of rotatable bonds is 4. The molecular formula is C16H25BrN2. The Labute approximate surface area is 125 Å². The molecule has 0 radical (unpaired) electrons. The highest BCUT2D eigenvalue weighted by Gasteiger charge is 2.24. The molecule has 2 atom stereocenters. The van der Waals surface area contributed by atoms with E-state index in [4.69, 9.17) is 0 Å². The topological polar surface area (TPSA) is 15.3 Å². The lowest BCUT2D eigenvalue weighted by Crippen LogP contribution is -2.40. The molecule has 1 aliphatic rings. The van der Waals surface area contributed by atoms with Crippen molar-refractivity contribution in [2.24, 2.45) is 0 Å². The highest BCUT2D eigenvalue weighted by molar-refractivity contribution is 9.10. The summed E-state index contributed by atoms with van der Waals surface area (Å²) in [4.78, 5) is 2.62. The van der Waals surface area contributed by atoms with Crippen molar-refractivity contribution in [1.82, 2.24) is 5.32 Å². The number of piperidine rings is 1. The first-order valence-electron chi connectivity index (χ1n) is 7.40. The van der Waals surface area contributed by atoms with Crippen LogP contribution >= 0.6 is 15.9 Å². The maximum absolute atomic E-state index is 3.63. The largest absolute Gasteiger partial charge is 0.368 e. The van der Waals surface area contributed by atoms with Crippen LogP contribution in [0, 0.1) is 0 Å². The summed E-state index contributed by atoms with van der Waals surface area (Å²) < 4.78 is 1.18. The van der Waals surface area contributed by atoms with Crippen LogP contribution in [0.15, 0.2) is 22.7 Å². The monoisotopic (exact) mass is 324 g/mol. The molecule has 0 aromatic heterocycles. The molecule has 2 nitrogen and oxygen atoms in total. The Morgan fingerprint density at radius 2 is 2.21 bits per heavy atom. The third-order valence-electron chi connectivity index (χ3n) is 4.30. The van der Waals surface area contributed by atoms with Gasteiger partial charge in [-0.3, -0.25) is 0 Å². The first kappa shape index (κ1) is 14.9. The van der Waals surface area contributed by atoms with Gasteiger partial charge >= 0.3 is 0 Å². The van der Waals surface area contributed by atoms with Gasteiger partial charge in [-0.1, -0.05) is 28.9 Å². The highest BCUT2D eigenvalue weighted by Crippen LogP contribution is 2.34. The molecule has 1 aromatic carbocycles. The third-order valence-corrected chi connectivity index (χ3v) is 4.79. The quantitative estimate of drug-likeness (QED) is 0.877. The Kier molecular flexibility index (Phi) is 5.28. The minimum absolute atomic E-state index is 0.391. The fraction of sp³-hybridized carbons (Fsp3) is 0.625. The molecule has 19 heavy (non-hydrogen) atoms. The van der Waals surface area contributed by atoms with Crippen molar-refractivity contribution in [2.45, 2.75) is 51.6 Å². The predicted molar refractivity (Wildman–Crippen MR) is 86.9 cm³/mol. The van der Waals surface area contributed by atoms with Gasteiger partial charge in [-0.05, 0) is 57.4 Å². The van der Waals surface area contributed by atoms with Crippen molar-refractivity contribution >= 4 is 21.6 Å². The Balaban J connectivity index is 2.37. The molecule has 0 spiro atoms. The van der Waals surface area contributed by atoms with Gasteiger partial charge in [0.15, 0.2) is 0 Å². The lowest BCUT2D eigenvalue weighted by Gasteiger charge is -2.39. The number of hydrogen-bond donors (Lipinski definition) is 1. The molecule has 0 amide bonds. The summed E-state index contributed by atoms with van der Waals surface area (Å²) in [5, 5.41) is 3.37. The zero-order chi connectivity index (χ0) is 13.8. The van der Waals surface area contributed by atoms with Crippen LogP contribution in [0.3, 0.4) is 0 Å². The Morgan fingerprint density at radius 3 is 2.89 bits per heavy atom. The SMILES string of the molecule is CCC1CCCCN1c1cc(Br)ccc1C(C)NC. The van der Waals surface area contributed by atoms with Gasteiger partial charge in [0.05, 0.1) is 0 Å².